The molecule has 0 atom stereocenters. The number of aromatic nitrogens is 1. The normalized spacial score (nSPS) is 13.0. The molecule has 128 valence electrons. The summed E-state index contributed by atoms with van der Waals surface area (Å²) in [5.74, 6) is 0.781. The zero-order valence-corrected chi connectivity index (χ0v) is 14.4. The van der Waals surface area contributed by atoms with Gasteiger partial charge < -0.3 is 9.80 Å². The third kappa shape index (κ3) is 3.63. The number of carbonyl (C=O) groups is 1. The van der Waals surface area contributed by atoms with E-state index in [2.05, 4.69) is 41.2 Å². The standard InChI is InChI=1S/C21H23N3O/c1-3-13-23(14-4-2)21(25)18-11-12-22-20(16-18)24-15-7-9-17-8-5-6-10-19(17)24/h3-6,8,10-12,16H,1-2,7,9,13-15H2. The first kappa shape index (κ1) is 17.0. The summed E-state index contributed by atoms with van der Waals surface area (Å²) in [5, 5.41) is 0. The Morgan fingerprint density at radius 2 is 1.96 bits per heavy atom. The molecule has 1 aliphatic rings. The second-order valence-electron chi connectivity index (χ2n) is 6.07. The zero-order valence-electron chi connectivity index (χ0n) is 14.4. The zero-order chi connectivity index (χ0) is 17.6. The van der Waals surface area contributed by atoms with Gasteiger partial charge in [-0.1, -0.05) is 30.4 Å². The number of fused-ring (bicyclic) bond motifs is 1. The van der Waals surface area contributed by atoms with Crippen molar-refractivity contribution in [3.8, 4) is 0 Å². The molecule has 1 aromatic carbocycles. The summed E-state index contributed by atoms with van der Waals surface area (Å²) < 4.78 is 0. The van der Waals surface area contributed by atoms with E-state index in [1.165, 1.54) is 11.3 Å². The Balaban J connectivity index is 1.91. The van der Waals surface area contributed by atoms with E-state index in [1.54, 1.807) is 29.3 Å². The van der Waals surface area contributed by atoms with Crippen molar-refractivity contribution in [2.45, 2.75) is 12.8 Å². The lowest BCUT2D eigenvalue weighted by Gasteiger charge is -2.30. The quantitative estimate of drug-likeness (QED) is 0.750. The summed E-state index contributed by atoms with van der Waals surface area (Å²) in [6, 6.07) is 12.0. The Kier molecular flexibility index (Phi) is 5.29. The number of rotatable bonds is 6. The summed E-state index contributed by atoms with van der Waals surface area (Å²) in [5.41, 5.74) is 3.14. The maximum Gasteiger partial charge on any atom is 0.254 e. The Bertz CT molecular complexity index is 774. The molecule has 0 saturated heterocycles. The molecule has 0 radical (unpaired) electrons. The number of nitrogens with zero attached hydrogens (tertiary/aromatic N) is 3. The van der Waals surface area contributed by atoms with Gasteiger partial charge in [0, 0.05) is 37.1 Å². The lowest BCUT2D eigenvalue weighted by molar-refractivity contribution is 0.0791. The Labute approximate surface area is 149 Å². The van der Waals surface area contributed by atoms with Gasteiger partial charge in [-0.15, -0.1) is 13.2 Å². The minimum Gasteiger partial charge on any atom is -0.331 e. The minimum absolute atomic E-state index is 0.0336. The van der Waals surface area contributed by atoms with E-state index in [-0.39, 0.29) is 5.91 Å². The van der Waals surface area contributed by atoms with Crippen LogP contribution in [-0.2, 0) is 6.42 Å². The fraction of sp³-hybridized carbons (Fsp3) is 0.238. The van der Waals surface area contributed by atoms with Crippen LogP contribution in [0.5, 0.6) is 0 Å². The summed E-state index contributed by atoms with van der Waals surface area (Å²) in [6.07, 6.45) is 7.32. The Hall–Kier alpha value is -2.88. The molecular formula is C21H23N3O. The van der Waals surface area contributed by atoms with Gasteiger partial charge in [0.15, 0.2) is 0 Å². The summed E-state index contributed by atoms with van der Waals surface area (Å²) in [4.78, 5) is 21.2. The Morgan fingerprint density at radius 3 is 2.72 bits per heavy atom. The van der Waals surface area contributed by atoms with Crippen LogP contribution in [0.25, 0.3) is 0 Å². The van der Waals surface area contributed by atoms with Crippen molar-refractivity contribution in [2.75, 3.05) is 24.5 Å². The smallest absolute Gasteiger partial charge is 0.254 e. The molecule has 2 aromatic rings. The highest BCUT2D eigenvalue weighted by Gasteiger charge is 2.20. The second kappa shape index (κ2) is 7.79. The van der Waals surface area contributed by atoms with Gasteiger partial charge in [-0.2, -0.15) is 0 Å². The van der Waals surface area contributed by atoms with Crippen LogP contribution < -0.4 is 4.90 Å². The van der Waals surface area contributed by atoms with Gasteiger partial charge in [-0.05, 0) is 36.6 Å². The third-order valence-corrected chi connectivity index (χ3v) is 4.37. The van der Waals surface area contributed by atoms with E-state index in [0.717, 1.165) is 25.2 Å². The highest BCUT2D eigenvalue weighted by molar-refractivity contribution is 5.95. The molecule has 1 amide bonds. The highest BCUT2D eigenvalue weighted by Crippen LogP contribution is 2.32. The molecule has 1 aliphatic heterocycles. The van der Waals surface area contributed by atoms with Crippen molar-refractivity contribution in [3.05, 3.63) is 79.0 Å². The number of hydrogen-bond acceptors (Lipinski definition) is 3. The first-order chi connectivity index (χ1) is 12.2. The Morgan fingerprint density at radius 1 is 1.20 bits per heavy atom. The van der Waals surface area contributed by atoms with Crippen molar-refractivity contribution in [1.82, 2.24) is 9.88 Å². The van der Waals surface area contributed by atoms with E-state index in [1.807, 2.05) is 12.1 Å². The van der Waals surface area contributed by atoms with Crippen LogP contribution in [0, 0.1) is 0 Å². The predicted octanol–water partition coefficient (Wildman–Crippen LogP) is 3.98. The van der Waals surface area contributed by atoms with Crippen molar-refractivity contribution in [2.24, 2.45) is 0 Å². The average Bonchev–Trinajstić information content (AvgIpc) is 2.67. The first-order valence-corrected chi connectivity index (χ1v) is 8.57. The maximum absolute atomic E-state index is 12.8. The molecule has 4 heteroatoms. The number of anilines is 2. The average molecular weight is 333 g/mol. The molecule has 0 N–H and O–H groups in total. The summed E-state index contributed by atoms with van der Waals surface area (Å²) in [6.45, 7) is 9.35. The van der Waals surface area contributed by atoms with Gasteiger partial charge in [0.1, 0.15) is 5.82 Å². The number of aryl methyl sites for hydroxylation is 1. The van der Waals surface area contributed by atoms with Crippen LogP contribution >= 0.6 is 0 Å². The van der Waals surface area contributed by atoms with Gasteiger partial charge in [-0.25, -0.2) is 4.98 Å². The summed E-state index contributed by atoms with van der Waals surface area (Å²) >= 11 is 0. The van der Waals surface area contributed by atoms with E-state index in [0.29, 0.717) is 18.7 Å². The molecule has 0 spiro atoms. The topological polar surface area (TPSA) is 36.4 Å². The van der Waals surface area contributed by atoms with Crippen LogP contribution in [0.1, 0.15) is 22.3 Å². The van der Waals surface area contributed by atoms with Crippen molar-refractivity contribution in [1.29, 1.82) is 0 Å². The van der Waals surface area contributed by atoms with Crippen LogP contribution in [0.3, 0.4) is 0 Å². The number of benzene rings is 1. The SMILES string of the molecule is C=CCN(CC=C)C(=O)c1ccnc(N2CCCc3ccccc32)c1. The molecular weight excluding hydrogens is 310 g/mol. The van der Waals surface area contributed by atoms with Crippen molar-refractivity contribution < 1.29 is 4.79 Å². The molecule has 4 nitrogen and oxygen atoms in total. The maximum atomic E-state index is 12.8. The van der Waals surface area contributed by atoms with Crippen LogP contribution in [0.15, 0.2) is 67.9 Å². The molecule has 0 unspecified atom stereocenters. The van der Waals surface area contributed by atoms with E-state index in [4.69, 9.17) is 0 Å². The molecule has 0 aliphatic carbocycles. The number of carbonyl (C=O) groups excluding carboxylic acids is 1. The van der Waals surface area contributed by atoms with Crippen LogP contribution in [0.2, 0.25) is 0 Å². The highest BCUT2D eigenvalue weighted by atomic mass is 16.2. The van der Waals surface area contributed by atoms with Gasteiger partial charge in [-0.3, -0.25) is 4.79 Å². The second-order valence-corrected chi connectivity index (χ2v) is 6.07. The summed E-state index contributed by atoms with van der Waals surface area (Å²) in [7, 11) is 0. The monoisotopic (exact) mass is 333 g/mol. The van der Waals surface area contributed by atoms with Gasteiger partial charge in [0.25, 0.3) is 5.91 Å². The molecule has 3 rings (SSSR count). The first-order valence-electron chi connectivity index (χ1n) is 8.57. The van der Waals surface area contributed by atoms with Gasteiger partial charge in [0.05, 0.1) is 0 Å². The molecule has 1 aromatic heterocycles. The van der Waals surface area contributed by atoms with Crippen molar-refractivity contribution in [3.63, 3.8) is 0 Å². The molecule has 2 heterocycles. The number of amides is 1. The molecule has 0 bridgehead atoms. The predicted molar refractivity (Wildman–Crippen MR) is 102 cm³/mol. The van der Waals surface area contributed by atoms with Gasteiger partial charge in [0.2, 0.25) is 0 Å². The van der Waals surface area contributed by atoms with E-state index < -0.39 is 0 Å². The number of para-hydroxylation sites is 1. The van der Waals surface area contributed by atoms with Crippen LogP contribution in [-0.4, -0.2) is 35.4 Å². The van der Waals surface area contributed by atoms with Crippen LogP contribution in [0.4, 0.5) is 11.5 Å². The van der Waals surface area contributed by atoms with E-state index >= 15 is 0 Å². The molecule has 0 fully saturated rings. The van der Waals surface area contributed by atoms with Crippen molar-refractivity contribution >= 4 is 17.4 Å². The fourth-order valence-electron chi connectivity index (χ4n) is 3.21. The lowest BCUT2D eigenvalue weighted by atomic mass is 10.0. The molecule has 25 heavy (non-hydrogen) atoms. The van der Waals surface area contributed by atoms with E-state index in [9.17, 15) is 4.79 Å². The molecule has 0 saturated carbocycles. The largest absolute Gasteiger partial charge is 0.331 e. The minimum atomic E-state index is -0.0336. The lowest BCUT2D eigenvalue weighted by Crippen LogP contribution is -2.31. The van der Waals surface area contributed by atoms with Gasteiger partial charge >= 0.3 is 0 Å². The third-order valence-electron chi connectivity index (χ3n) is 4.37. The fourth-order valence-corrected chi connectivity index (χ4v) is 3.21. The number of hydrogen-bond donors (Lipinski definition) is 0. The number of pyridine rings is 1.